The van der Waals surface area contributed by atoms with Crippen molar-refractivity contribution in [2.75, 3.05) is 7.11 Å². The molecule has 0 fully saturated rings. The third-order valence-corrected chi connectivity index (χ3v) is 2.13. The van der Waals surface area contributed by atoms with Gasteiger partial charge in [-0.2, -0.15) is 0 Å². The molecule has 3 nitrogen and oxygen atoms in total. The summed E-state index contributed by atoms with van der Waals surface area (Å²) < 4.78 is 5.09. The van der Waals surface area contributed by atoms with Crippen LogP contribution in [-0.4, -0.2) is 17.2 Å². The Labute approximate surface area is 82.0 Å². The predicted molar refractivity (Wildman–Crippen MR) is 54.2 cm³/mol. The largest absolute Gasteiger partial charge is 0.497 e. The predicted octanol–water partition coefficient (Wildman–Crippen LogP) is 1.74. The minimum Gasteiger partial charge on any atom is -0.497 e. The highest BCUT2D eigenvalue weighted by Crippen LogP contribution is 2.19. The fourth-order valence-electron chi connectivity index (χ4n) is 1.36. The van der Waals surface area contributed by atoms with E-state index in [9.17, 15) is 0 Å². The van der Waals surface area contributed by atoms with Gasteiger partial charge in [0.25, 0.3) is 0 Å². The smallest absolute Gasteiger partial charge is 0.121 e. The number of ether oxygens (including phenoxy) is 1. The Bertz CT molecular complexity index is 411. The molecule has 0 aliphatic heterocycles. The summed E-state index contributed by atoms with van der Waals surface area (Å²) in [4.78, 5) is 4.22. The molecule has 1 aromatic heterocycles. The summed E-state index contributed by atoms with van der Waals surface area (Å²) in [6, 6.07) is 7.60. The number of fused-ring (bicyclic) bond motifs is 1. The summed E-state index contributed by atoms with van der Waals surface area (Å²) in [6.07, 6.45) is 1.67. The van der Waals surface area contributed by atoms with Crippen LogP contribution >= 0.6 is 0 Å². The van der Waals surface area contributed by atoms with Crippen molar-refractivity contribution in [2.45, 2.75) is 6.61 Å². The van der Waals surface area contributed by atoms with Crippen molar-refractivity contribution in [3.63, 3.8) is 0 Å². The van der Waals surface area contributed by atoms with Crippen LogP contribution in [0.3, 0.4) is 0 Å². The topological polar surface area (TPSA) is 42.4 Å². The Hall–Kier alpha value is -1.61. The maximum atomic E-state index is 8.93. The molecule has 0 amide bonds. The number of aromatic nitrogens is 1. The molecule has 1 aromatic carbocycles. The molecule has 2 rings (SSSR count). The maximum Gasteiger partial charge on any atom is 0.121 e. The lowest BCUT2D eigenvalue weighted by Gasteiger charge is -2.02. The zero-order valence-corrected chi connectivity index (χ0v) is 7.90. The molecular weight excluding hydrogens is 178 g/mol. The van der Waals surface area contributed by atoms with E-state index >= 15 is 0 Å². The summed E-state index contributed by atoms with van der Waals surface area (Å²) in [7, 11) is 1.63. The number of rotatable bonds is 2. The second-order valence-corrected chi connectivity index (χ2v) is 3.06. The molecule has 1 heterocycles. The van der Waals surface area contributed by atoms with Gasteiger partial charge in [0.05, 0.1) is 19.2 Å². The number of nitrogens with zero attached hydrogens (tertiary/aromatic N) is 1. The van der Waals surface area contributed by atoms with E-state index in [0.717, 1.165) is 22.2 Å². The number of aliphatic hydroxyl groups excluding tert-OH is 1. The Kier molecular flexibility index (Phi) is 2.33. The first-order valence-corrected chi connectivity index (χ1v) is 4.37. The molecule has 2 aromatic rings. The van der Waals surface area contributed by atoms with Gasteiger partial charge in [0.1, 0.15) is 5.75 Å². The second kappa shape index (κ2) is 3.64. The molecule has 14 heavy (non-hydrogen) atoms. The molecule has 0 atom stereocenters. The van der Waals surface area contributed by atoms with Gasteiger partial charge in [-0.25, -0.2) is 0 Å². The monoisotopic (exact) mass is 189 g/mol. The first-order chi connectivity index (χ1) is 6.83. The van der Waals surface area contributed by atoms with Crippen LogP contribution in [0, 0.1) is 0 Å². The molecule has 1 N–H and O–H groups in total. The summed E-state index contributed by atoms with van der Waals surface area (Å²) in [5.74, 6) is 0.793. The summed E-state index contributed by atoms with van der Waals surface area (Å²) in [6.45, 7) is 0.0228. The van der Waals surface area contributed by atoms with Gasteiger partial charge in [-0.15, -0.1) is 0 Å². The van der Waals surface area contributed by atoms with Gasteiger partial charge in [0.2, 0.25) is 0 Å². The molecule has 0 aliphatic carbocycles. The van der Waals surface area contributed by atoms with Crippen LogP contribution in [0.2, 0.25) is 0 Å². The lowest BCUT2D eigenvalue weighted by Crippen LogP contribution is -1.88. The average Bonchev–Trinajstić information content (AvgIpc) is 2.27. The highest BCUT2D eigenvalue weighted by atomic mass is 16.5. The summed E-state index contributed by atoms with van der Waals surface area (Å²) in [5.41, 5.74) is 1.70. The lowest BCUT2D eigenvalue weighted by atomic mass is 10.1. The van der Waals surface area contributed by atoms with Gasteiger partial charge >= 0.3 is 0 Å². The Morgan fingerprint density at radius 2 is 2.21 bits per heavy atom. The van der Waals surface area contributed by atoms with Gasteiger partial charge in [-0.1, -0.05) is 0 Å². The van der Waals surface area contributed by atoms with E-state index in [1.54, 1.807) is 13.3 Å². The SMILES string of the molecule is COc1ccc2cc(CO)cnc2c1. The van der Waals surface area contributed by atoms with Crippen LogP contribution in [0.1, 0.15) is 5.56 Å². The van der Waals surface area contributed by atoms with Crippen molar-refractivity contribution in [2.24, 2.45) is 0 Å². The lowest BCUT2D eigenvalue weighted by molar-refractivity contribution is 0.281. The molecule has 0 saturated heterocycles. The average molecular weight is 189 g/mol. The minimum atomic E-state index is 0.0228. The van der Waals surface area contributed by atoms with Gasteiger partial charge in [0.15, 0.2) is 0 Å². The van der Waals surface area contributed by atoms with E-state index in [-0.39, 0.29) is 6.61 Å². The first kappa shape index (κ1) is 8.97. The highest BCUT2D eigenvalue weighted by Gasteiger charge is 1.98. The third-order valence-electron chi connectivity index (χ3n) is 2.13. The molecule has 3 heteroatoms. The van der Waals surface area contributed by atoms with Crippen molar-refractivity contribution < 1.29 is 9.84 Å². The van der Waals surface area contributed by atoms with E-state index in [0.29, 0.717) is 0 Å². The first-order valence-electron chi connectivity index (χ1n) is 4.37. The Morgan fingerprint density at radius 3 is 2.93 bits per heavy atom. The number of hydrogen-bond donors (Lipinski definition) is 1. The highest BCUT2D eigenvalue weighted by molar-refractivity contribution is 5.80. The van der Waals surface area contributed by atoms with Crippen LogP contribution in [0.15, 0.2) is 30.5 Å². The Morgan fingerprint density at radius 1 is 1.36 bits per heavy atom. The number of methoxy groups -OCH3 is 1. The standard InChI is InChI=1S/C11H11NO2/c1-14-10-3-2-9-4-8(7-13)6-12-11(9)5-10/h2-6,13H,7H2,1H3. The van der Waals surface area contributed by atoms with Gasteiger partial charge in [-0.05, 0) is 23.8 Å². The van der Waals surface area contributed by atoms with Crippen LogP contribution in [0.25, 0.3) is 10.9 Å². The third kappa shape index (κ3) is 1.54. The number of aliphatic hydroxyl groups is 1. The molecule has 72 valence electrons. The van der Waals surface area contributed by atoms with Crippen LogP contribution in [-0.2, 0) is 6.61 Å². The quantitative estimate of drug-likeness (QED) is 0.782. The van der Waals surface area contributed by atoms with Gasteiger partial charge < -0.3 is 9.84 Å². The van der Waals surface area contributed by atoms with Gasteiger partial charge in [-0.3, -0.25) is 4.98 Å². The summed E-state index contributed by atoms with van der Waals surface area (Å²) >= 11 is 0. The van der Waals surface area contributed by atoms with E-state index in [1.165, 1.54) is 0 Å². The van der Waals surface area contributed by atoms with Crippen molar-refractivity contribution >= 4 is 10.9 Å². The summed E-state index contributed by atoms with van der Waals surface area (Å²) in [5, 5.41) is 9.94. The zero-order valence-electron chi connectivity index (χ0n) is 7.90. The van der Waals surface area contributed by atoms with E-state index in [2.05, 4.69) is 4.98 Å². The second-order valence-electron chi connectivity index (χ2n) is 3.06. The minimum absolute atomic E-state index is 0.0228. The maximum absolute atomic E-state index is 8.93. The van der Waals surface area contributed by atoms with Crippen LogP contribution in [0.4, 0.5) is 0 Å². The van der Waals surface area contributed by atoms with E-state index < -0.39 is 0 Å². The van der Waals surface area contributed by atoms with E-state index in [4.69, 9.17) is 9.84 Å². The van der Waals surface area contributed by atoms with Crippen molar-refractivity contribution in [3.8, 4) is 5.75 Å². The normalized spacial score (nSPS) is 10.4. The fraction of sp³-hybridized carbons (Fsp3) is 0.182. The van der Waals surface area contributed by atoms with Crippen LogP contribution < -0.4 is 4.74 Å². The number of pyridine rings is 1. The zero-order chi connectivity index (χ0) is 9.97. The Balaban J connectivity index is 2.57. The fourth-order valence-corrected chi connectivity index (χ4v) is 1.36. The van der Waals surface area contributed by atoms with E-state index in [1.807, 2.05) is 24.3 Å². The molecule has 0 bridgehead atoms. The molecule has 0 radical (unpaired) electrons. The van der Waals surface area contributed by atoms with Gasteiger partial charge in [0, 0.05) is 17.6 Å². The van der Waals surface area contributed by atoms with Crippen molar-refractivity contribution in [1.82, 2.24) is 4.98 Å². The molecular formula is C11H11NO2. The number of hydrogen-bond acceptors (Lipinski definition) is 3. The van der Waals surface area contributed by atoms with Crippen molar-refractivity contribution in [1.29, 1.82) is 0 Å². The molecule has 0 aliphatic rings. The van der Waals surface area contributed by atoms with Crippen LogP contribution in [0.5, 0.6) is 5.75 Å². The molecule has 0 spiro atoms. The molecule has 0 saturated carbocycles. The van der Waals surface area contributed by atoms with Crippen molar-refractivity contribution in [3.05, 3.63) is 36.0 Å². The molecule has 0 unspecified atom stereocenters. The number of benzene rings is 1.